The van der Waals surface area contributed by atoms with Crippen molar-refractivity contribution < 1.29 is 9.90 Å². The van der Waals surface area contributed by atoms with Gasteiger partial charge in [-0.25, -0.2) is 0 Å². The normalized spacial score (nSPS) is 22.6. The first-order valence-electron chi connectivity index (χ1n) is 6.46. The van der Waals surface area contributed by atoms with Crippen molar-refractivity contribution in [1.82, 2.24) is 0 Å². The minimum atomic E-state index is -0.627. The van der Waals surface area contributed by atoms with Crippen molar-refractivity contribution in [1.29, 1.82) is 5.26 Å². The van der Waals surface area contributed by atoms with Gasteiger partial charge in [-0.1, -0.05) is 23.2 Å². The summed E-state index contributed by atoms with van der Waals surface area (Å²) in [5, 5.41) is 18.8. The molecule has 0 bridgehead atoms. The molecule has 1 aliphatic rings. The minimum Gasteiger partial charge on any atom is -0.393 e. The van der Waals surface area contributed by atoms with Crippen LogP contribution in [0.1, 0.15) is 41.6 Å². The van der Waals surface area contributed by atoms with Crippen LogP contribution in [-0.2, 0) is 0 Å². The maximum Gasteiger partial charge on any atom is 0.283 e. The third-order valence-electron chi connectivity index (χ3n) is 3.30. The van der Waals surface area contributed by atoms with Gasteiger partial charge in [0.1, 0.15) is 6.07 Å². The van der Waals surface area contributed by atoms with E-state index in [0.717, 1.165) is 25.7 Å². The molecule has 0 heterocycles. The quantitative estimate of drug-likeness (QED) is 0.547. The zero-order valence-electron chi connectivity index (χ0n) is 11.0. The topological polar surface area (TPSA) is 73.5 Å². The van der Waals surface area contributed by atoms with Gasteiger partial charge in [-0.05, 0) is 37.8 Å². The molecule has 0 spiro atoms. The molecule has 1 amide bonds. The average molecular weight is 439 g/mol. The molecule has 1 aliphatic carbocycles. The highest BCUT2D eigenvalue weighted by molar-refractivity contribution is 14.2. The number of nitrogens with zero attached hydrogens (tertiary/aromatic N) is 2. The number of carbonyl (C=O) groups is 1. The lowest BCUT2D eigenvalue weighted by atomic mass is 9.98. The highest BCUT2D eigenvalue weighted by Crippen LogP contribution is 2.31. The van der Waals surface area contributed by atoms with Crippen LogP contribution in [0, 0.1) is 11.3 Å². The summed E-state index contributed by atoms with van der Waals surface area (Å²) < 4.78 is 4.59. The molecule has 0 radical (unpaired) electrons. The van der Waals surface area contributed by atoms with Crippen LogP contribution in [0.15, 0.2) is 15.3 Å². The Hall–Kier alpha value is -0.550. The van der Waals surface area contributed by atoms with Gasteiger partial charge in [0.15, 0.2) is 0 Å². The van der Waals surface area contributed by atoms with Crippen LogP contribution >= 0.6 is 44.2 Å². The molecular weight excluding hydrogens is 426 g/mol. The number of amides is 1. The summed E-state index contributed by atoms with van der Waals surface area (Å²) in [5.41, 5.74) is 0.451. The maximum absolute atomic E-state index is 12.1. The van der Waals surface area contributed by atoms with Crippen molar-refractivity contribution in [3.8, 4) is 6.07 Å². The number of aliphatic hydroxyl groups excluding tert-OH is 1. The third-order valence-corrected chi connectivity index (χ3v) is 6.67. The molecule has 0 aromatic heterocycles. The molecule has 2 rings (SSSR count). The Bertz CT molecular complexity index is 620. The summed E-state index contributed by atoms with van der Waals surface area (Å²) in [4.78, 5) is 12.1. The van der Waals surface area contributed by atoms with Gasteiger partial charge in [0, 0.05) is 25.0 Å². The summed E-state index contributed by atoms with van der Waals surface area (Å²) in [6.45, 7) is 0. The summed E-state index contributed by atoms with van der Waals surface area (Å²) in [7, 11) is 0. The zero-order valence-corrected chi connectivity index (χ0v) is 14.7. The molecule has 0 unspecified atom stereocenters. The Labute approximate surface area is 143 Å². The Morgan fingerprint density at radius 2 is 1.95 bits per heavy atom. The number of alkyl halides is 1. The number of aliphatic hydroxyl groups is 1. The molecule has 0 saturated heterocycles. The third kappa shape index (κ3) is 4.46. The van der Waals surface area contributed by atoms with E-state index in [1.54, 1.807) is 0 Å². The van der Waals surface area contributed by atoms with E-state index in [0.29, 0.717) is 3.92 Å². The minimum absolute atomic E-state index is 0.204. The van der Waals surface area contributed by atoms with E-state index >= 15 is 0 Å². The molecule has 21 heavy (non-hydrogen) atoms. The van der Waals surface area contributed by atoms with E-state index in [1.165, 1.54) is 12.1 Å². The predicted molar refractivity (Wildman–Crippen MR) is 90.2 cm³/mol. The molecule has 1 aromatic rings. The first kappa shape index (κ1) is 16.8. The number of rotatable bonds is 2. The van der Waals surface area contributed by atoms with Crippen LogP contribution in [-0.4, -0.2) is 21.0 Å². The van der Waals surface area contributed by atoms with Crippen LogP contribution < -0.4 is 0 Å². The summed E-state index contributed by atoms with van der Waals surface area (Å²) >= 11 is 11.2. The maximum atomic E-state index is 12.1. The van der Waals surface area contributed by atoms with Gasteiger partial charge in [0.2, 0.25) is 0 Å². The fourth-order valence-corrected chi connectivity index (χ4v) is 4.78. The van der Waals surface area contributed by atoms with Crippen LogP contribution in [0.25, 0.3) is 0 Å². The molecule has 0 aliphatic heterocycles. The van der Waals surface area contributed by atoms with Crippen molar-refractivity contribution in [3.63, 3.8) is 0 Å². The number of benzene rings is 1. The number of halogens is 3. The van der Waals surface area contributed by atoms with Gasteiger partial charge in [0.05, 0.1) is 27.3 Å². The van der Waals surface area contributed by atoms with E-state index in [-0.39, 0.29) is 33.2 Å². The van der Waals surface area contributed by atoms with Gasteiger partial charge < -0.3 is 5.11 Å². The number of hydrogen-bond donors (Lipinski definition) is 1. The Balaban J connectivity index is 2.12. The van der Waals surface area contributed by atoms with E-state index in [1.807, 2.05) is 6.07 Å². The fourth-order valence-electron chi connectivity index (χ4n) is 2.09. The van der Waals surface area contributed by atoms with Gasteiger partial charge in [-0.2, -0.15) is 8.41 Å². The monoisotopic (exact) mass is 438 g/mol. The van der Waals surface area contributed by atoms with Crippen LogP contribution in [0.2, 0.25) is 10.0 Å². The molecule has 1 N–H and O–H groups in total. The van der Waals surface area contributed by atoms with E-state index in [9.17, 15) is 9.90 Å². The highest BCUT2D eigenvalue weighted by atomic mass is 127. The van der Waals surface area contributed by atoms with E-state index in [2.05, 4.69) is 3.15 Å². The van der Waals surface area contributed by atoms with Crippen molar-refractivity contribution in [2.24, 2.45) is 3.15 Å². The Morgan fingerprint density at radius 3 is 2.57 bits per heavy atom. The van der Waals surface area contributed by atoms with Crippen LogP contribution in [0.5, 0.6) is 0 Å². The number of hydrogen-bond acceptors (Lipinski definition) is 3. The molecule has 7 heteroatoms. The second kappa shape index (κ2) is 7.63. The summed E-state index contributed by atoms with van der Waals surface area (Å²) in [6.07, 6.45) is 3.21. The first-order valence-corrected chi connectivity index (χ1v) is 9.43. The fraction of sp³-hybridized carbons (Fsp3) is 0.429. The number of carbonyl (C=O) groups excluding carboxylic acids is 1. The van der Waals surface area contributed by atoms with E-state index in [4.69, 9.17) is 28.5 Å². The smallest absolute Gasteiger partial charge is 0.283 e. The van der Waals surface area contributed by atoms with Gasteiger partial charge >= 0.3 is 0 Å². The average Bonchev–Trinajstić information content (AvgIpc) is 2.46. The van der Waals surface area contributed by atoms with Crippen molar-refractivity contribution in [2.75, 3.05) is 0 Å². The standard InChI is InChI=1S/C14H13Cl2IN2O2/c15-12-6-13(16)11(5-8(12)7-18)14(21)19-17-9-1-3-10(20)4-2-9/h5-6,9-10,20H,1-4H2. The lowest BCUT2D eigenvalue weighted by Crippen LogP contribution is -2.18. The summed E-state index contributed by atoms with van der Waals surface area (Å²) in [6, 6.07) is 4.72. The molecule has 1 saturated carbocycles. The SMILES string of the molecule is N#Cc1cc(C(=O)N=IC2CCC(O)CC2)c(Cl)cc1Cl. The number of nitriles is 1. The second-order valence-corrected chi connectivity index (χ2v) is 8.43. The largest absolute Gasteiger partial charge is 0.393 e. The highest BCUT2D eigenvalue weighted by Gasteiger charge is 2.19. The van der Waals surface area contributed by atoms with Gasteiger partial charge in [0.25, 0.3) is 5.91 Å². The van der Waals surface area contributed by atoms with E-state index < -0.39 is 21.0 Å². The molecule has 4 nitrogen and oxygen atoms in total. The summed E-state index contributed by atoms with van der Waals surface area (Å²) in [5.74, 6) is -0.382. The zero-order chi connectivity index (χ0) is 15.4. The van der Waals surface area contributed by atoms with Crippen LogP contribution in [0.4, 0.5) is 0 Å². The van der Waals surface area contributed by atoms with Gasteiger partial charge in [-0.15, -0.1) is 0 Å². The molecule has 112 valence electrons. The molecular formula is C14H13Cl2IN2O2. The van der Waals surface area contributed by atoms with Crippen molar-refractivity contribution in [3.05, 3.63) is 33.3 Å². The van der Waals surface area contributed by atoms with Crippen molar-refractivity contribution >= 4 is 50.1 Å². The lowest BCUT2D eigenvalue weighted by Gasteiger charge is -2.21. The Kier molecular flexibility index (Phi) is 6.11. The predicted octanol–water partition coefficient (Wildman–Crippen LogP) is 4.46. The lowest BCUT2D eigenvalue weighted by molar-refractivity contribution is 0.101. The van der Waals surface area contributed by atoms with Crippen molar-refractivity contribution in [2.45, 2.75) is 35.7 Å². The molecule has 0 atom stereocenters. The molecule has 1 fully saturated rings. The molecule has 1 aromatic carbocycles. The second-order valence-electron chi connectivity index (χ2n) is 4.82. The Morgan fingerprint density at radius 1 is 1.29 bits per heavy atom. The van der Waals surface area contributed by atoms with Crippen LogP contribution in [0.3, 0.4) is 0 Å². The van der Waals surface area contributed by atoms with Gasteiger partial charge in [-0.3, -0.25) is 4.79 Å². The first-order chi connectivity index (χ1) is 10.0.